The number of fused-ring (bicyclic) bond motifs is 1. The lowest BCUT2D eigenvalue weighted by Gasteiger charge is -2.32. The number of aromatic carboxylic acids is 1. The van der Waals surface area contributed by atoms with Crippen LogP contribution in [0.1, 0.15) is 45.0 Å². The lowest BCUT2D eigenvalue weighted by Crippen LogP contribution is -2.41. The first-order chi connectivity index (χ1) is 10.7. The van der Waals surface area contributed by atoms with Crippen molar-refractivity contribution in [2.45, 2.75) is 52.4 Å². The molecule has 1 aromatic heterocycles. The molecule has 7 heteroatoms. The summed E-state index contributed by atoms with van der Waals surface area (Å²) in [7, 11) is -0.621. The van der Waals surface area contributed by atoms with E-state index in [0.717, 1.165) is 12.1 Å². The van der Waals surface area contributed by atoms with Crippen molar-refractivity contribution in [3.63, 3.8) is 0 Å². The van der Waals surface area contributed by atoms with Gasteiger partial charge in [-0.15, -0.1) is 0 Å². The van der Waals surface area contributed by atoms with Gasteiger partial charge >= 0.3 is 13.1 Å². The Balaban J connectivity index is 2.20. The molecule has 0 atom stereocenters. The lowest BCUT2D eigenvalue weighted by molar-refractivity contribution is 0.00578. The van der Waals surface area contributed by atoms with E-state index in [0.29, 0.717) is 11.0 Å². The standard InChI is InChI=1S/C16H21BN2O4/c1-6-19-9-18-12-8-10(14(20)21)7-11(13(12)19)17-22-15(2,3)16(4,5)23-17/h7-9H,6H2,1-5H3,(H,20,21). The van der Waals surface area contributed by atoms with E-state index in [-0.39, 0.29) is 5.56 Å². The maximum atomic E-state index is 11.4. The molecule has 0 radical (unpaired) electrons. The van der Waals surface area contributed by atoms with E-state index in [1.165, 1.54) is 0 Å². The summed E-state index contributed by atoms with van der Waals surface area (Å²) in [5.41, 5.74) is 1.41. The molecule has 6 nitrogen and oxygen atoms in total. The fourth-order valence-electron chi connectivity index (χ4n) is 2.76. The van der Waals surface area contributed by atoms with Gasteiger partial charge in [-0.05, 0) is 46.8 Å². The summed E-state index contributed by atoms with van der Waals surface area (Å²) >= 11 is 0. The third kappa shape index (κ3) is 2.44. The second-order valence-electron chi connectivity index (χ2n) is 6.86. The molecule has 0 unspecified atom stereocenters. The van der Waals surface area contributed by atoms with Crippen molar-refractivity contribution in [1.29, 1.82) is 0 Å². The topological polar surface area (TPSA) is 73.6 Å². The first kappa shape index (κ1) is 16.0. The fraction of sp³-hybridized carbons (Fsp3) is 0.500. The van der Waals surface area contributed by atoms with Gasteiger partial charge in [0.15, 0.2) is 0 Å². The Morgan fingerprint density at radius 1 is 1.26 bits per heavy atom. The zero-order valence-electron chi connectivity index (χ0n) is 14.1. The highest BCUT2D eigenvalue weighted by atomic mass is 16.7. The van der Waals surface area contributed by atoms with E-state index in [4.69, 9.17) is 9.31 Å². The van der Waals surface area contributed by atoms with Crippen molar-refractivity contribution >= 4 is 29.6 Å². The summed E-state index contributed by atoms with van der Waals surface area (Å²) in [5, 5.41) is 9.36. The maximum absolute atomic E-state index is 11.4. The minimum Gasteiger partial charge on any atom is -0.478 e. The number of hydrogen-bond donors (Lipinski definition) is 1. The predicted octanol–water partition coefficient (Wildman–Crippen LogP) is 2.05. The molecule has 3 rings (SSSR count). The summed E-state index contributed by atoms with van der Waals surface area (Å²) in [6.45, 7) is 10.6. The molecule has 1 aliphatic rings. The molecule has 0 amide bonds. The Morgan fingerprint density at radius 3 is 2.39 bits per heavy atom. The monoisotopic (exact) mass is 316 g/mol. The normalized spacial score (nSPS) is 19.4. The fourth-order valence-corrected chi connectivity index (χ4v) is 2.76. The molecule has 122 valence electrons. The number of benzene rings is 1. The number of carboxylic acid groups (broad SMARTS) is 1. The molecule has 1 aromatic carbocycles. The van der Waals surface area contributed by atoms with Crippen LogP contribution in [0, 0.1) is 0 Å². The summed E-state index contributed by atoms with van der Waals surface area (Å²) in [5.74, 6) is -0.990. The molecule has 0 bridgehead atoms. The van der Waals surface area contributed by atoms with Gasteiger partial charge in [0.25, 0.3) is 0 Å². The molecule has 23 heavy (non-hydrogen) atoms. The van der Waals surface area contributed by atoms with E-state index in [9.17, 15) is 9.90 Å². The number of carbonyl (C=O) groups is 1. The number of aromatic nitrogens is 2. The van der Waals surface area contributed by atoms with Crippen LogP contribution in [-0.2, 0) is 15.9 Å². The Morgan fingerprint density at radius 2 is 1.87 bits per heavy atom. The number of rotatable bonds is 3. The van der Waals surface area contributed by atoms with Crippen LogP contribution in [0.5, 0.6) is 0 Å². The molecule has 1 saturated heterocycles. The van der Waals surface area contributed by atoms with Crippen molar-refractivity contribution in [3.05, 3.63) is 24.0 Å². The van der Waals surface area contributed by atoms with E-state index < -0.39 is 24.3 Å². The minimum absolute atomic E-state index is 0.184. The van der Waals surface area contributed by atoms with E-state index in [1.54, 1.807) is 18.5 Å². The lowest BCUT2D eigenvalue weighted by atomic mass is 9.77. The Kier molecular flexibility index (Phi) is 3.53. The number of imidazole rings is 1. The van der Waals surface area contributed by atoms with Crippen LogP contribution < -0.4 is 5.46 Å². The van der Waals surface area contributed by atoms with Crippen molar-refractivity contribution in [3.8, 4) is 0 Å². The van der Waals surface area contributed by atoms with Gasteiger partial charge in [-0.25, -0.2) is 9.78 Å². The van der Waals surface area contributed by atoms with Crippen molar-refractivity contribution < 1.29 is 19.2 Å². The quantitative estimate of drug-likeness (QED) is 0.877. The number of nitrogens with zero attached hydrogens (tertiary/aromatic N) is 2. The van der Waals surface area contributed by atoms with Crippen LogP contribution in [-0.4, -0.2) is 38.9 Å². The van der Waals surface area contributed by atoms with Gasteiger partial charge in [-0.3, -0.25) is 0 Å². The van der Waals surface area contributed by atoms with Crippen LogP contribution >= 0.6 is 0 Å². The van der Waals surface area contributed by atoms with Crippen molar-refractivity contribution in [2.75, 3.05) is 0 Å². The predicted molar refractivity (Wildman–Crippen MR) is 88.1 cm³/mol. The second-order valence-corrected chi connectivity index (χ2v) is 6.86. The SMILES string of the molecule is CCn1cnc2cc(C(=O)O)cc(B3OC(C)(C)C(C)(C)O3)c21. The molecular weight excluding hydrogens is 295 g/mol. The summed E-state index contributed by atoms with van der Waals surface area (Å²) in [6, 6.07) is 3.21. The summed E-state index contributed by atoms with van der Waals surface area (Å²) in [6.07, 6.45) is 1.71. The smallest absolute Gasteiger partial charge is 0.478 e. The second kappa shape index (κ2) is 5.07. The van der Waals surface area contributed by atoms with Gasteiger partial charge in [0.2, 0.25) is 0 Å². The highest BCUT2D eigenvalue weighted by molar-refractivity contribution is 6.65. The molecule has 0 saturated carbocycles. The Bertz CT molecular complexity index is 766. The summed E-state index contributed by atoms with van der Waals surface area (Å²) in [4.78, 5) is 15.8. The largest absolute Gasteiger partial charge is 0.497 e. The zero-order chi connectivity index (χ0) is 17.0. The highest BCUT2D eigenvalue weighted by Gasteiger charge is 2.52. The Labute approximate surface area is 135 Å². The maximum Gasteiger partial charge on any atom is 0.497 e. The minimum atomic E-state index is -0.990. The third-order valence-electron chi connectivity index (χ3n) is 4.84. The first-order valence-electron chi connectivity index (χ1n) is 7.74. The highest BCUT2D eigenvalue weighted by Crippen LogP contribution is 2.37. The number of carboxylic acids is 1. The van der Waals surface area contributed by atoms with Gasteiger partial charge in [0.05, 0.1) is 34.1 Å². The van der Waals surface area contributed by atoms with Gasteiger partial charge in [-0.2, -0.15) is 0 Å². The number of aryl methyl sites for hydroxylation is 1. The van der Waals surface area contributed by atoms with Crippen LogP contribution in [0.2, 0.25) is 0 Å². The average molecular weight is 316 g/mol. The Hall–Kier alpha value is -1.86. The molecular formula is C16H21BN2O4. The molecule has 2 heterocycles. The van der Waals surface area contributed by atoms with E-state index in [1.807, 2.05) is 39.2 Å². The molecule has 1 aliphatic heterocycles. The van der Waals surface area contributed by atoms with Gasteiger partial charge in [0, 0.05) is 12.0 Å². The van der Waals surface area contributed by atoms with Crippen LogP contribution in [0.3, 0.4) is 0 Å². The first-order valence-corrected chi connectivity index (χ1v) is 7.74. The van der Waals surface area contributed by atoms with Gasteiger partial charge < -0.3 is 19.0 Å². The third-order valence-corrected chi connectivity index (χ3v) is 4.84. The van der Waals surface area contributed by atoms with Gasteiger partial charge in [-0.1, -0.05) is 0 Å². The van der Waals surface area contributed by atoms with Crippen molar-refractivity contribution in [1.82, 2.24) is 9.55 Å². The van der Waals surface area contributed by atoms with Crippen LogP contribution in [0.4, 0.5) is 0 Å². The molecule has 1 fully saturated rings. The zero-order valence-corrected chi connectivity index (χ0v) is 14.1. The molecule has 1 N–H and O–H groups in total. The summed E-state index contributed by atoms with van der Waals surface area (Å²) < 4.78 is 14.2. The van der Waals surface area contributed by atoms with Crippen molar-refractivity contribution in [2.24, 2.45) is 0 Å². The van der Waals surface area contributed by atoms with E-state index >= 15 is 0 Å². The van der Waals surface area contributed by atoms with E-state index in [2.05, 4.69) is 4.98 Å². The number of hydrogen-bond acceptors (Lipinski definition) is 4. The average Bonchev–Trinajstić information content (AvgIpc) is 2.96. The molecule has 2 aromatic rings. The molecule has 0 aliphatic carbocycles. The van der Waals surface area contributed by atoms with Crippen LogP contribution in [0.15, 0.2) is 18.5 Å². The van der Waals surface area contributed by atoms with Gasteiger partial charge in [0.1, 0.15) is 0 Å². The van der Waals surface area contributed by atoms with Crippen LogP contribution in [0.25, 0.3) is 11.0 Å². The molecule has 0 spiro atoms.